The van der Waals surface area contributed by atoms with E-state index in [4.69, 9.17) is 4.74 Å². The maximum Gasteiger partial charge on any atom is 0.135 e. The highest BCUT2D eigenvalue weighted by molar-refractivity contribution is 6.02. The van der Waals surface area contributed by atoms with Crippen LogP contribution in [0.15, 0.2) is 78.9 Å². The highest BCUT2D eigenvalue weighted by Gasteiger charge is 2.24. The van der Waals surface area contributed by atoms with Gasteiger partial charge < -0.3 is 4.74 Å². The highest BCUT2D eigenvalue weighted by atomic mass is 16.5. The summed E-state index contributed by atoms with van der Waals surface area (Å²) in [6.45, 7) is 2.22. The molecule has 1 aliphatic rings. The van der Waals surface area contributed by atoms with Crippen LogP contribution in [-0.2, 0) is 0 Å². The zero-order chi connectivity index (χ0) is 15.6. The fraction of sp³-hybridized carbons (Fsp3) is 0.0909. The zero-order valence-corrected chi connectivity index (χ0v) is 13.1. The van der Waals surface area contributed by atoms with Gasteiger partial charge in [0.25, 0.3) is 0 Å². The Morgan fingerprint density at radius 3 is 1.78 bits per heavy atom. The van der Waals surface area contributed by atoms with Gasteiger partial charge >= 0.3 is 0 Å². The molecule has 3 aromatic rings. The Bertz CT molecular complexity index is 828. The molecule has 0 atom stereocenters. The lowest BCUT2D eigenvalue weighted by atomic mass is 9.86. The van der Waals surface area contributed by atoms with Crippen LogP contribution >= 0.6 is 0 Å². The van der Waals surface area contributed by atoms with E-state index in [1.807, 2.05) is 24.3 Å². The van der Waals surface area contributed by atoms with Gasteiger partial charge in [-0.1, -0.05) is 73.7 Å². The van der Waals surface area contributed by atoms with Gasteiger partial charge in [0, 0.05) is 16.7 Å². The molecule has 0 amide bonds. The molecule has 23 heavy (non-hydrogen) atoms. The van der Waals surface area contributed by atoms with Gasteiger partial charge in [0.15, 0.2) is 0 Å². The number of hydrogen-bond donors (Lipinski definition) is 0. The Hall–Kier alpha value is -2.80. The molecule has 0 radical (unpaired) electrons. The first kappa shape index (κ1) is 13.8. The first-order chi connectivity index (χ1) is 11.4. The van der Waals surface area contributed by atoms with Gasteiger partial charge in [-0.2, -0.15) is 0 Å². The van der Waals surface area contributed by atoms with Crippen LogP contribution in [0, 0.1) is 0 Å². The van der Waals surface area contributed by atoms with Gasteiger partial charge in [-0.15, -0.1) is 0 Å². The average Bonchev–Trinajstić information content (AvgIpc) is 2.62. The van der Waals surface area contributed by atoms with Crippen molar-refractivity contribution in [1.82, 2.24) is 0 Å². The quantitative estimate of drug-likeness (QED) is 0.430. The van der Waals surface area contributed by atoms with Crippen LogP contribution in [0.1, 0.15) is 30.0 Å². The largest absolute Gasteiger partial charge is 0.456 e. The Morgan fingerprint density at radius 1 is 0.696 bits per heavy atom. The lowest BCUT2D eigenvalue weighted by Gasteiger charge is -2.25. The number of rotatable bonds is 2. The summed E-state index contributed by atoms with van der Waals surface area (Å²) < 4.78 is 6.10. The summed E-state index contributed by atoms with van der Waals surface area (Å²) in [6.07, 6.45) is 0.974. The molecule has 0 N–H and O–H groups in total. The summed E-state index contributed by atoms with van der Waals surface area (Å²) in [7, 11) is 0. The van der Waals surface area contributed by atoms with Gasteiger partial charge in [0.2, 0.25) is 0 Å². The minimum absolute atomic E-state index is 0.933. The summed E-state index contributed by atoms with van der Waals surface area (Å²) in [5.41, 5.74) is 6.26. The Labute approximate surface area is 136 Å². The second kappa shape index (κ2) is 5.77. The zero-order valence-electron chi connectivity index (χ0n) is 13.1. The Morgan fingerprint density at radius 2 is 1.22 bits per heavy atom. The minimum atomic E-state index is 0.933. The van der Waals surface area contributed by atoms with Crippen LogP contribution in [0.5, 0.6) is 11.5 Å². The van der Waals surface area contributed by atoms with E-state index >= 15 is 0 Å². The van der Waals surface area contributed by atoms with Crippen LogP contribution in [0.25, 0.3) is 11.1 Å². The first-order valence-electron chi connectivity index (χ1n) is 8.03. The summed E-state index contributed by atoms with van der Waals surface area (Å²) >= 11 is 0. The van der Waals surface area contributed by atoms with Crippen LogP contribution in [0.3, 0.4) is 0 Å². The predicted molar refractivity (Wildman–Crippen MR) is 95.6 cm³/mol. The third-order valence-electron chi connectivity index (χ3n) is 4.31. The van der Waals surface area contributed by atoms with E-state index in [2.05, 4.69) is 61.5 Å². The van der Waals surface area contributed by atoms with Crippen LogP contribution in [-0.4, -0.2) is 0 Å². The lowest BCUT2D eigenvalue weighted by molar-refractivity contribution is 0.474. The average molecular weight is 298 g/mol. The molecule has 112 valence electrons. The molecule has 4 rings (SSSR count). The molecular weight excluding hydrogens is 280 g/mol. The van der Waals surface area contributed by atoms with Crippen LogP contribution < -0.4 is 4.74 Å². The number of fused-ring (bicyclic) bond motifs is 2. The maximum absolute atomic E-state index is 6.10. The number of ether oxygens (including phenoxy) is 1. The molecule has 0 saturated heterocycles. The van der Waals surface area contributed by atoms with Crippen molar-refractivity contribution < 1.29 is 4.74 Å². The van der Waals surface area contributed by atoms with E-state index in [1.54, 1.807) is 0 Å². The van der Waals surface area contributed by atoms with Gasteiger partial charge in [-0.25, -0.2) is 0 Å². The fourth-order valence-electron chi connectivity index (χ4n) is 3.28. The van der Waals surface area contributed by atoms with Crippen molar-refractivity contribution in [2.24, 2.45) is 0 Å². The Balaban J connectivity index is 2.06. The molecule has 0 aromatic heterocycles. The summed E-state index contributed by atoms with van der Waals surface area (Å²) in [4.78, 5) is 0. The molecule has 1 heteroatoms. The van der Waals surface area contributed by atoms with E-state index in [-0.39, 0.29) is 0 Å². The molecule has 1 nitrogen and oxygen atoms in total. The predicted octanol–water partition coefficient (Wildman–Crippen LogP) is 6.16. The normalized spacial score (nSPS) is 12.1. The monoisotopic (exact) mass is 298 g/mol. The van der Waals surface area contributed by atoms with Gasteiger partial charge in [-0.3, -0.25) is 0 Å². The van der Waals surface area contributed by atoms with Gasteiger partial charge in [0.1, 0.15) is 11.5 Å². The summed E-state index contributed by atoms with van der Waals surface area (Å²) in [6, 6.07) is 27.2. The van der Waals surface area contributed by atoms with E-state index < -0.39 is 0 Å². The van der Waals surface area contributed by atoms with Crippen molar-refractivity contribution in [2.75, 3.05) is 0 Å². The second-order valence-corrected chi connectivity index (χ2v) is 5.67. The standard InChI is InChI=1S/C22H18O/c1-2-17(16-10-4-3-5-11-16)22-18-12-6-8-14-20(18)23-21-15-9-7-13-19(21)22/h3-15H,2H2,1H3. The highest BCUT2D eigenvalue weighted by Crippen LogP contribution is 2.46. The Kier molecular flexibility index (Phi) is 3.47. The molecule has 0 saturated carbocycles. The van der Waals surface area contributed by atoms with Crippen molar-refractivity contribution in [1.29, 1.82) is 0 Å². The molecule has 0 unspecified atom stereocenters. The third kappa shape index (κ3) is 2.35. The van der Waals surface area contributed by atoms with Crippen LogP contribution in [0.4, 0.5) is 0 Å². The summed E-state index contributed by atoms with van der Waals surface area (Å²) in [5, 5.41) is 0. The lowest BCUT2D eigenvalue weighted by Crippen LogP contribution is -2.04. The number of benzene rings is 3. The number of para-hydroxylation sites is 2. The van der Waals surface area contributed by atoms with Crippen molar-refractivity contribution in [3.05, 3.63) is 95.6 Å². The second-order valence-electron chi connectivity index (χ2n) is 5.67. The van der Waals surface area contributed by atoms with E-state index in [0.29, 0.717) is 0 Å². The fourth-order valence-corrected chi connectivity index (χ4v) is 3.28. The van der Waals surface area contributed by atoms with E-state index in [0.717, 1.165) is 17.9 Å². The molecule has 0 bridgehead atoms. The molecular formula is C22H18O. The summed E-state index contributed by atoms with van der Waals surface area (Å²) in [5.74, 6) is 1.87. The number of allylic oxidation sites excluding steroid dienone is 1. The molecule has 1 aliphatic heterocycles. The SMILES string of the molecule is CCC(=C1c2ccccc2Oc2ccccc21)c1ccccc1. The topological polar surface area (TPSA) is 9.23 Å². The molecule has 0 aliphatic carbocycles. The van der Waals surface area contributed by atoms with Crippen molar-refractivity contribution in [3.8, 4) is 11.5 Å². The smallest absolute Gasteiger partial charge is 0.135 e. The van der Waals surface area contributed by atoms with E-state index in [1.165, 1.54) is 27.8 Å². The van der Waals surface area contributed by atoms with Gasteiger partial charge in [-0.05, 0) is 29.7 Å². The molecule has 0 spiro atoms. The minimum Gasteiger partial charge on any atom is -0.456 e. The molecule has 0 fully saturated rings. The van der Waals surface area contributed by atoms with Crippen molar-refractivity contribution in [2.45, 2.75) is 13.3 Å². The van der Waals surface area contributed by atoms with Crippen molar-refractivity contribution >= 4 is 11.1 Å². The maximum atomic E-state index is 6.10. The van der Waals surface area contributed by atoms with Crippen molar-refractivity contribution in [3.63, 3.8) is 0 Å². The van der Waals surface area contributed by atoms with E-state index in [9.17, 15) is 0 Å². The first-order valence-corrected chi connectivity index (χ1v) is 8.03. The third-order valence-corrected chi connectivity index (χ3v) is 4.31. The van der Waals surface area contributed by atoms with Crippen LogP contribution in [0.2, 0.25) is 0 Å². The number of hydrogen-bond acceptors (Lipinski definition) is 1. The molecule has 1 heterocycles. The molecule has 3 aromatic carbocycles. The van der Waals surface area contributed by atoms with Gasteiger partial charge in [0.05, 0.1) is 0 Å².